The molecular formula is C17H22O3. The molecular weight excluding hydrogens is 252 g/mol. The molecule has 20 heavy (non-hydrogen) atoms. The fraction of sp³-hybridized carbons (Fsp3) is 0.471. The van der Waals surface area contributed by atoms with Crippen LogP contribution in [0.25, 0.3) is 11.0 Å². The maximum atomic E-state index is 11.2. The lowest BCUT2D eigenvalue weighted by Crippen LogP contribution is -2.11. The van der Waals surface area contributed by atoms with Crippen molar-refractivity contribution in [2.45, 2.75) is 52.1 Å². The minimum absolute atomic E-state index is 0.180. The Morgan fingerprint density at radius 2 is 1.95 bits per heavy atom. The van der Waals surface area contributed by atoms with Crippen LogP contribution < -0.4 is 10.4 Å². The van der Waals surface area contributed by atoms with Crippen LogP contribution in [0.15, 0.2) is 39.5 Å². The maximum Gasteiger partial charge on any atom is 0.336 e. The summed E-state index contributed by atoms with van der Waals surface area (Å²) in [4.78, 5) is 11.2. The van der Waals surface area contributed by atoms with E-state index in [4.69, 9.17) is 9.15 Å². The van der Waals surface area contributed by atoms with E-state index in [1.165, 1.54) is 31.7 Å². The van der Waals surface area contributed by atoms with Crippen LogP contribution in [0, 0.1) is 0 Å². The Labute approximate surface area is 119 Å². The Morgan fingerprint density at radius 1 is 1.15 bits per heavy atom. The van der Waals surface area contributed by atoms with Crippen molar-refractivity contribution in [2.24, 2.45) is 0 Å². The number of hydrogen-bond acceptors (Lipinski definition) is 3. The van der Waals surface area contributed by atoms with Crippen molar-refractivity contribution in [3.8, 4) is 5.75 Å². The second kappa shape index (κ2) is 7.13. The van der Waals surface area contributed by atoms with Gasteiger partial charge in [-0.3, -0.25) is 0 Å². The van der Waals surface area contributed by atoms with Crippen molar-refractivity contribution in [3.05, 3.63) is 40.8 Å². The standard InChI is InChI=1S/C17H22O3/c1-3-4-5-6-7-13(2)19-15-10-8-14-9-11-17(18)20-16(14)12-15/h8-13H,3-7H2,1-2H3. The van der Waals surface area contributed by atoms with Crippen LogP contribution in [-0.2, 0) is 0 Å². The van der Waals surface area contributed by atoms with Crippen molar-refractivity contribution in [1.29, 1.82) is 0 Å². The van der Waals surface area contributed by atoms with Crippen molar-refractivity contribution in [1.82, 2.24) is 0 Å². The summed E-state index contributed by atoms with van der Waals surface area (Å²) in [5, 5.41) is 0.910. The molecule has 1 atom stereocenters. The summed E-state index contributed by atoms with van der Waals surface area (Å²) >= 11 is 0. The lowest BCUT2D eigenvalue weighted by atomic mass is 10.1. The zero-order valence-corrected chi connectivity index (χ0v) is 12.2. The smallest absolute Gasteiger partial charge is 0.336 e. The summed E-state index contributed by atoms with van der Waals surface area (Å²) in [5.41, 5.74) is 0.246. The second-order valence-electron chi connectivity index (χ2n) is 5.23. The molecule has 2 rings (SSSR count). The molecule has 0 saturated carbocycles. The van der Waals surface area contributed by atoms with Gasteiger partial charge in [-0.2, -0.15) is 0 Å². The van der Waals surface area contributed by atoms with E-state index >= 15 is 0 Å². The Bertz CT molecular complexity index is 600. The van der Waals surface area contributed by atoms with E-state index in [-0.39, 0.29) is 11.7 Å². The normalized spacial score (nSPS) is 12.5. The van der Waals surface area contributed by atoms with Gasteiger partial charge in [0.25, 0.3) is 0 Å². The largest absolute Gasteiger partial charge is 0.491 e. The monoisotopic (exact) mass is 274 g/mol. The number of hydrogen-bond donors (Lipinski definition) is 0. The first kappa shape index (κ1) is 14.6. The molecule has 0 radical (unpaired) electrons. The van der Waals surface area contributed by atoms with Gasteiger partial charge >= 0.3 is 5.63 Å². The highest BCUT2D eigenvalue weighted by Crippen LogP contribution is 2.21. The minimum atomic E-state index is -0.331. The Morgan fingerprint density at radius 3 is 2.75 bits per heavy atom. The van der Waals surface area contributed by atoms with Gasteiger partial charge in [0, 0.05) is 17.5 Å². The van der Waals surface area contributed by atoms with E-state index in [0.717, 1.165) is 17.6 Å². The summed E-state index contributed by atoms with van der Waals surface area (Å²) in [7, 11) is 0. The predicted octanol–water partition coefficient (Wildman–Crippen LogP) is 4.53. The first-order valence-electron chi connectivity index (χ1n) is 7.39. The molecule has 0 aliphatic rings. The van der Waals surface area contributed by atoms with Crippen molar-refractivity contribution in [3.63, 3.8) is 0 Å². The zero-order chi connectivity index (χ0) is 14.4. The van der Waals surface area contributed by atoms with Crippen LogP contribution in [0.5, 0.6) is 5.75 Å². The molecule has 3 heteroatoms. The third-order valence-corrected chi connectivity index (χ3v) is 3.40. The highest BCUT2D eigenvalue weighted by molar-refractivity contribution is 5.77. The number of ether oxygens (including phenoxy) is 1. The summed E-state index contributed by atoms with van der Waals surface area (Å²) in [6.45, 7) is 4.29. The molecule has 1 heterocycles. The van der Waals surface area contributed by atoms with Crippen LogP contribution in [0.4, 0.5) is 0 Å². The molecule has 0 aliphatic carbocycles. The summed E-state index contributed by atoms with van der Waals surface area (Å²) in [6.07, 6.45) is 6.22. The molecule has 1 aromatic carbocycles. The molecule has 1 aromatic heterocycles. The fourth-order valence-electron chi connectivity index (χ4n) is 2.26. The zero-order valence-electron chi connectivity index (χ0n) is 12.2. The van der Waals surface area contributed by atoms with Gasteiger partial charge < -0.3 is 9.15 Å². The van der Waals surface area contributed by atoms with Crippen LogP contribution in [0.2, 0.25) is 0 Å². The van der Waals surface area contributed by atoms with Gasteiger partial charge in [0.2, 0.25) is 0 Å². The Kier molecular flexibility index (Phi) is 5.22. The molecule has 108 valence electrons. The van der Waals surface area contributed by atoms with E-state index in [1.54, 1.807) is 12.1 Å². The van der Waals surface area contributed by atoms with Gasteiger partial charge in [-0.1, -0.05) is 26.2 Å². The topological polar surface area (TPSA) is 39.4 Å². The number of rotatable bonds is 7. The number of benzene rings is 1. The first-order chi connectivity index (χ1) is 9.69. The molecule has 0 spiro atoms. The highest BCUT2D eigenvalue weighted by atomic mass is 16.5. The summed E-state index contributed by atoms with van der Waals surface area (Å²) in [5.74, 6) is 0.759. The van der Waals surface area contributed by atoms with Gasteiger partial charge in [-0.15, -0.1) is 0 Å². The maximum absolute atomic E-state index is 11.2. The van der Waals surface area contributed by atoms with E-state index in [2.05, 4.69) is 13.8 Å². The Hall–Kier alpha value is -1.77. The first-order valence-corrected chi connectivity index (χ1v) is 7.39. The minimum Gasteiger partial charge on any atom is -0.491 e. The second-order valence-corrected chi connectivity index (χ2v) is 5.23. The van der Waals surface area contributed by atoms with Crippen molar-refractivity contribution in [2.75, 3.05) is 0 Å². The molecule has 0 saturated heterocycles. The molecule has 2 aromatic rings. The average molecular weight is 274 g/mol. The van der Waals surface area contributed by atoms with E-state index in [0.29, 0.717) is 5.58 Å². The van der Waals surface area contributed by atoms with Crippen molar-refractivity contribution < 1.29 is 9.15 Å². The lowest BCUT2D eigenvalue weighted by molar-refractivity contribution is 0.206. The van der Waals surface area contributed by atoms with Gasteiger partial charge in [0.15, 0.2) is 0 Å². The molecule has 0 fully saturated rings. The lowest BCUT2D eigenvalue weighted by Gasteiger charge is -2.14. The van der Waals surface area contributed by atoms with E-state index < -0.39 is 0 Å². The van der Waals surface area contributed by atoms with Crippen LogP contribution in [0.1, 0.15) is 46.0 Å². The average Bonchev–Trinajstić information content (AvgIpc) is 2.43. The SMILES string of the molecule is CCCCCCC(C)Oc1ccc2ccc(=O)oc2c1. The van der Waals surface area contributed by atoms with E-state index in [1.807, 2.05) is 12.1 Å². The number of fused-ring (bicyclic) bond motifs is 1. The van der Waals surface area contributed by atoms with Gasteiger partial charge in [-0.25, -0.2) is 4.79 Å². The van der Waals surface area contributed by atoms with Gasteiger partial charge in [0.1, 0.15) is 11.3 Å². The molecule has 0 bridgehead atoms. The van der Waals surface area contributed by atoms with Crippen LogP contribution in [0.3, 0.4) is 0 Å². The van der Waals surface area contributed by atoms with E-state index in [9.17, 15) is 4.79 Å². The van der Waals surface area contributed by atoms with Crippen LogP contribution >= 0.6 is 0 Å². The third kappa shape index (κ3) is 4.12. The fourth-order valence-corrected chi connectivity index (χ4v) is 2.26. The number of unbranched alkanes of at least 4 members (excludes halogenated alkanes) is 3. The molecule has 0 aliphatic heterocycles. The summed E-state index contributed by atoms with van der Waals surface area (Å²) < 4.78 is 11.0. The summed E-state index contributed by atoms with van der Waals surface area (Å²) in [6, 6.07) is 8.82. The quantitative estimate of drug-likeness (QED) is 0.550. The predicted molar refractivity (Wildman–Crippen MR) is 81.3 cm³/mol. The van der Waals surface area contributed by atoms with Crippen molar-refractivity contribution >= 4 is 11.0 Å². The van der Waals surface area contributed by atoms with Gasteiger partial charge in [-0.05, 0) is 38.0 Å². The molecule has 3 nitrogen and oxygen atoms in total. The molecule has 0 amide bonds. The van der Waals surface area contributed by atoms with Crippen LogP contribution in [-0.4, -0.2) is 6.10 Å². The third-order valence-electron chi connectivity index (χ3n) is 3.40. The van der Waals surface area contributed by atoms with Gasteiger partial charge in [0.05, 0.1) is 6.10 Å². The molecule has 1 unspecified atom stereocenters. The molecule has 0 N–H and O–H groups in total. The Balaban J connectivity index is 1.97. The highest BCUT2D eigenvalue weighted by Gasteiger charge is 2.06.